The van der Waals surface area contributed by atoms with Crippen LogP contribution in [0.15, 0.2) is 40.6 Å². The second-order valence-electron chi connectivity index (χ2n) is 4.10. The number of nitrogens with one attached hydrogen (secondary N) is 1. The van der Waals surface area contributed by atoms with Gasteiger partial charge in [-0.25, -0.2) is 13.1 Å². The van der Waals surface area contributed by atoms with Crippen LogP contribution in [0.3, 0.4) is 0 Å². The van der Waals surface area contributed by atoms with Crippen molar-refractivity contribution in [1.82, 2.24) is 4.72 Å². The molecule has 1 aromatic carbocycles. The summed E-state index contributed by atoms with van der Waals surface area (Å²) < 4.78 is 27.1. The lowest BCUT2D eigenvalue weighted by molar-refractivity contribution is 0.583. The van der Waals surface area contributed by atoms with Crippen molar-refractivity contribution in [2.75, 3.05) is 5.73 Å². The predicted octanol–water partition coefficient (Wildman–Crippen LogP) is 2.37. The van der Waals surface area contributed by atoms with E-state index in [4.69, 9.17) is 5.73 Å². The number of rotatable bonds is 5. The van der Waals surface area contributed by atoms with Gasteiger partial charge in [0.1, 0.15) is 4.21 Å². The van der Waals surface area contributed by atoms with Gasteiger partial charge in [-0.3, -0.25) is 0 Å². The van der Waals surface area contributed by atoms with E-state index in [0.29, 0.717) is 9.90 Å². The summed E-state index contributed by atoms with van der Waals surface area (Å²) in [5.74, 6) is 0. The zero-order valence-corrected chi connectivity index (χ0v) is 12.2. The highest BCUT2D eigenvalue weighted by atomic mass is 32.2. The molecule has 0 atom stereocenters. The van der Waals surface area contributed by atoms with Gasteiger partial charge in [0.05, 0.1) is 0 Å². The number of nitrogen functional groups attached to an aromatic ring is 1. The van der Waals surface area contributed by atoms with Crippen molar-refractivity contribution >= 4 is 27.0 Å². The molecule has 0 saturated heterocycles. The topological polar surface area (TPSA) is 72.2 Å². The molecule has 0 aliphatic rings. The average molecular weight is 296 g/mol. The van der Waals surface area contributed by atoms with Crippen LogP contribution in [0.2, 0.25) is 0 Å². The van der Waals surface area contributed by atoms with Crippen molar-refractivity contribution in [2.24, 2.45) is 0 Å². The number of thiophene rings is 1. The SMILES string of the molecule is CCc1ccc(S(=O)(=O)NCc2ccccc2N)s1. The summed E-state index contributed by atoms with van der Waals surface area (Å²) in [7, 11) is -3.45. The van der Waals surface area contributed by atoms with E-state index in [1.165, 1.54) is 11.3 Å². The van der Waals surface area contributed by atoms with Crippen molar-refractivity contribution in [3.8, 4) is 0 Å². The maximum Gasteiger partial charge on any atom is 0.250 e. The van der Waals surface area contributed by atoms with Gasteiger partial charge in [0.2, 0.25) is 10.0 Å². The van der Waals surface area contributed by atoms with Crippen molar-refractivity contribution in [3.63, 3.8) is 0 Å². The first kappa shape index (κ1) is 14.0. The lowest BCUT2D eigenvalue weighted by Crippen LogP contribution is -2.22. The second kappa shape index (κ2) is 5.73. The molecule has 0 saturated carbocycles. The number of aryl methyl sites for hydroxylation is 1. The van der Waals surface area contributed by atoms with Crippen LogP contribution in [0.4, 0.5) is 5.69 Å². The minimum Gasteiger partial charge on any atom is -0.398 e. The van der Waals surface area contributed by atoms with E-state index >= 15 is 0 Å². The Balaban J connectivity index is 2.12. The Morgan fingerprint density at radius 1 is 1.21 bits per heavy atom. The zero-order chi connectivity index (χ0) is 13.9. The van der Waals surface area contributed by atoms with Gasteiger partial charge in [-0.15, -0.1) is 11.3 Å². The van der Waals surface area contributed by atoms with E-state index in [9.17, 15) is 8.42 Å². The number of hydrogen-bond acceptors (Lipinski definition) is 4. The molecule has 6 heteroatoms. The van der Waals surface area contributed by atoms with Crippen LogP contribution in [0.1, 0.15) is 17.4 Å². The monoisotopic (exact) mass is 296 g/mol. The normalized spacial score (nSPS) is 11.6. The van der Waals surface area contributed by atoms with Gasteiger partial charge in [-0.2, -0.15) is 0 Å². The fraction of sp³-hybridized carbons (Fsp3) is 0.231. The van der Waals surface area contributed by atoms with E-state index in [-0.39, 0.29) is 6.54 Å². The average Bonchev–Trinajstić information content (AvgIpc) is 2.87. The van der Waals surface area contributed by atoms with Gasteiger partial charge in [0, 0.05) is 17.1 Å². The maximum absolute atomic E-state index is 12.1. The quantitative estimate of drug-likeness (QED) is 0.832. The Bertz CT molecular complexity index is 663. The van der Waals surface area contributed by atoms with Gasteiger partial charge in [-0.05, 0) is 30.2 Å². The first-order chi connectivity index (χ1) is 9.03. The summed E-state index contributed by atoms with van der Waals surface area (Å²) in [6, 6.07) is 10.7. The summed E-state index contributed by atoms with van der Waals surface area (Å²) in [5.41, 5.74) is 7.15. The van der Waals surface area contributed by atoms with Gasteiger partial charge < -0.3 is 5.73 Å². The molecule has 3 N–H and O–H groups in total. The van der Waals surface area contributed by atoms with Crippen LogP contribution < -0.4 is 10.5 Å². The Morgan fingerprint density at radius 3 is 2.58 bits per heavy atom. The third-order valence-corrected chi connectivity index (χ3v) is 5.88. The summed E-state index contributed by atoms with van der Waals surface area (Å²) in [5, 5.41) is 0. The predicted molar refractivity (Wildman–Crippen MR) is 78.6 cm³/mol. The lowest BCUT2D eigenvalue weighted by atomic mass is 10.2. The first-order valence-corrected chi connectivity index (χ1v) is 8.24. The van der Waals surface area contributed by atoms with Crippen LogP contribution in [0.5, 0.6) is 0 Å². The molecule has 0 radical (unpaired) electrons. The van der Waals surface area contributed by atoms with E-state index in [1.807, 2.05) is 31.2 Å². The van der Waals surface area contributed by atoms with Crippen LogP contribution >= 0.6 is 11.3 Å². The molecule has 19 heavy (non-hydrogen) atoms. The van der Waals surface area contributed by atoms with Crippen molar-refractivity contribution < 1.29 is 8.42 Å². The standard InChI is InChI=1S/C13H16N2O2S2/c1-2-11-7-8-13(18-11)19(16,17)15-9-10-5-3-4-6-12(10)14/h3-8,15H,2,9,14H2,1H3. The van der Waals surface area contributed by atoms with Crippen molar-refractivity contribution in [2.45, 2.75) is 24.1 Å². The van der Waals surface area contributed by atoms with Crippen LogP contribution in [0, 0.1) is 0 Å². The molecular weight excluding hydrogens is 280 g/mol. The van der Waals surface area contributed by atoms with Gasteiger partial charge in [0.25, 0.3) is 0 Å². The molecule has 4 nitrogen and oxygen atoms in total. The number of nitrogens with two attached hydrogens (primary N) is 1. The number of para-hydroxylation sites is 1. The van der Waals surface area contributed by atoms with Gasteiger partial charge >= 0.3 is 0 Å². The molecule has 0 aliphatic heterocycles. The van der Waals surface area contributed by atoms with Crippen LogP contribution in [-0.4, -0.2) is 8.42 Å². The third kappa shape index (κ3) is 3.34. The van der Waals surface area contributed by atoms with Crippen LogP contribution in [-0.2, 0) is 23.0 Å². The largest absolute Gasteiger partial charge is 0.398 e. The maximum atomic E-state index is 12.1. The summed E-state index contributed by atoms with van der Waals surface area (Å²) in [6.45, 7) is 2.20. The van der Waals surface area contributed by atoms with Gasteiger partial charge in [-0.1, -0.05) is 25.1 Å². The Morgan fingerprint density at radius 2 is 1.95 bits per heavy atom. The minimum atomic E-state index is -3.45. The number of anilines is 1. The van der Waals surface area contributed by atoms with Crippen molar-refractivity contribution in [1.29, 1.82) is 0 Å². The molecule has 2 rings (SSSR count). The molecule has 0 fully saturated rings. The Kier molecular flexibility index (Phi) is 4.24. The minimum absolute atomic E-state index is 0.203. The molecule has 1 aromatic heterocycles. The van der Waals surface area contributed by atoms with E-state index in [1.54, 1.807) is 12.1 Å². The molecule has 0 amide bonds. The van der Waals surface area contributed by atoms with E-state index in [0.717, 1.165) is 16.9 Å². The fourth-order valence-electron chi connectivity index (χ4n) is 1.63. The van der Waals surface area contributed by atoms with E-state index < -0.39 is 10.0 Å². The zero-order valence-electron chi connectivity index (χ0n) is 10.6. The highest BCUT2D eigenvalue weighted by molar-refractivity contribution is 7.91. The second-order valence-corrected chi connectivity index (χ2v) is 7.26. The van der Waals surface area contributed by atoms with Crippen LogP contribution in [0.25, 0.3) is 0 Å². The number of hydrogen-bond donors (Lipinski definition) is 2. The summed E-state index contributed by atoms with van der Waals surface area (Å²) in [4.78, 5) is 1.06. The third-order valence-electron chi connectivity index (χ3n) is 2.76. The number of benzene rings is 1. The van der Waals surface area contributed by atoms with Crippen molar-refractivity contribution in [3.05, 3.63) is 46.8 Å². The Hall–Kier alpha value is -1.37. The molecule has 102 valence electrons. The van der Waals surface area contributed by atoms with E-state index in [2.05, 4.69) is 4.72 Å². The molecule has 0 bridgehead atoms. The molecule has 2 aromatic rings. The molecule has 1 heterocycles. The summed E-state index contributed by atoms with van der Waals surface area (Å²) >= 11 is 1.30. The lowest BCUT2D eigenvalue weighted by Gasteiger charge is -2.07. The summed E-state index contributed by atoms with van der Waals surface area (Å²) in [6.07, 6.45) is 0.839. The smallest absolute Gasteiger partial charge is 0.250 e. The molecule has 0 aliphatic carbocycles. The highest BCUT2D eigenvalue weighted by Gasteiger charge is 2.16. The Labute approximate surface area is 117 Å². The molecule has 0 unspecified atom stereocenters. The van der Waals surface area contributed by atoms with Gasteiger partial charge in [0.15, 0.2) is 0 Å². The fourth-order valence-corrected chi connectivity index (χ4v) is 3.98. The highest BCUT2D eigenvalue weighted by Crippen LogP contribution is 2.22. The first-order valence-electron chi connectivity index (χ1n) is 5.94. The molecular formula is C13H16N2O2S2. The number of sulfonamides is 1. The molecule has 0 spiro atoms.